The Balaban J connectivity index is 2.17. The summed E-state index contributed by atoms with van der Waals surface area (Å²) in [5.41, 5.74) is 2.87. The van der Waals surface area contributed by atoms with E-state index in [1.54, 1.807) is 0 Å². The average molecular weight is 259 g/mol. The number of pyridine rings is 1. The molecule has 2 N–H and O–H groups in total. The molecule has 0 aliphatic heterocycles. The number of aliphatic carboxylic acids is 1. The fourth-order valence-corrected chi connectivity index (χ4v) is 2.64. The summed E-state index contributed by atoms with van der Waals surface area (Å²) >= 11 is 0. The van der Waals surface area contributed by atoms with Gasteiger partial charge in [-0.15, -0.1) is 0 Å². The van der Waals surface area contributed by atoms with E-state index in [1.165, 1.54) is 0 Å². The molecule has 0 radical (unpaired) electrons. The van der Waals surface area contributed by atoms with Crippen molar-refractivity contribution in [2.24, 2.45) is 5.92 Å². The molecule has 1 saturated carbocycles. The number of hydrogen-bond acceptors (Lipinski definition) is 4. The molecule has 0 unspecified atom stereocenters. The predicted octanol–water partition coefficient (Wildman–Crippen LogP) is 2.24. The second kappa shape index (κ2) is 5.27. The molecule has 0 amide bonds. The lowest BCUT2D eigenvalue weighted by molar-refractivity contribution is -0.141. The summed E-state index contributed by atoms with van der Waals surface area (Å²) in [6, 6.07) is 4.12. The lowest BCUT2D eigenvalue weighted by atomic mass is 10.1. The van der Waals surface area contributed by atoms with Crippen LogP contribution in [-0.4, -0.2) is 22.1 Å². The number of aryl methyl sites for hydroxylation is 2. The molecular formula is C14H17N3O2. The smallest absolute Gasteiger partial charge is 0.306 e. The van der Waals surface area contributed by atoms with Gasteiger partial charge in [0.2, 0.25) is 0 Å². The van der Waals surface area contributed by atoms with Crippen LogP contribution in [0.15, 0.2) is 6.07 Å². The summed E-state index contributed by atoms with van der Waals surface area (Å²) in [4.78, 5) is 15.2. The monoisotopic (exact) mass is 259 g/mol. The minimum absolute atomic E-state index is 0.120. The Morgan fingerprint density at radius 3 is 2.84 bits per heavy atom. The van der Waals surface area contributed by atoms with Gasteiger partial charge in [-0.25, -0.2) is 0 Å². The Kier molecular flexibility index (Phi) is 3.70. The Hall–Kier alpha value is -2.09. The largest absolute Gasteiger partial charge is 0.481 e. The Labute approximate surface area is 112 Å². The van der Waals surface area contributed by atoms with Crippen molar-refractivity contribution in [2.45, 2.75) is 39.2 Å². The number of nitrogens with one attached hydrogen (secondary N) is 1. The summed E-state index contributed by atoms with van der Waals surface area (Å²) in [5.74, 6) is -1.00. The molecule has 0 saturated heterocycles. The zero-order valence-corrected chi connectivity index (χ0v) is 11.1. The zero-order chi connectivity index (χ0) is 14.0. The van der Waals surface area contributed by atoms with Crippen molar-refractivity contribution in [3.8, 4) is 6.07 Å². The molecular weight excluding hydrogens is 242 g/mol. The van der Waals surface area contributed by atoms with Crippen molar-refractivity contribution in [1.29, 1.82) is 5.26 Å². The molecule has 1 aliphatic carbocycles. The molecule has 100 valence electrons. The summed E-state index contributed by atoms with van der Waals surface area (Å²) in [6.07, 6.45) is 2.13. The fourth-order valence-electron chi connectivity index (χ4n) is 2.64. The quantitative estimate of drug-likeness (QED) is 0.869. The molecule has 1 fully saturated rings. The first-order valence-corrected chi connectivity index (χ1v) is 6.39. The molecule has 5 heteroatoms. The maximum atomic E-state index is 10.9. The van der Waals surface area contributed by atoms with Gasteiger partial charge in [-0.05, 0) is 39.2 Å². The maximum Gasteiger partial charge on any atom is 0.306 e. The number of nitrogens with zero attached hydrogens (tertiary/aromatic N) is 2. The van der Waals surface area contributed by atoms with Crippen LogP contribution in [0.4, 0.5) is 5.69 Å². The van der Waals surface area contributed by atoms with Gasteiger partial charge in [0, 0.05) is 11.7 Å². The van der Waals surface area contributed by atoms with Crippen molar-refractivity contribution in [3.05, 3.63) is 23.0 Å². The van der Waals surface area contributed by atoms with Crippen LogP contribution >= 0.6 is 0 Å². The van der Waals surface area contributed by atoms with Crippen molar-refractivity contribution in [1.82, 2.24) is 4.98 Å². The SMILES string of the molecule is Cc1cc(N[C@H]2CC[C@@H](C(=O)O)C2)c(C#N)c(C)n1. The van der Waals surface area contributed by atoms with Crippen LogP contribution in [0.25, 0.3) is 0 Å². The van der Waals surface area contributed by atoms with E-state index in [0.29, 0.717) is 24.1 Å². The van der Waals surface area contributed by atoms with Crippen LogP contribution in [0.1, 0.15) is 36.2 Å². The minimum atomic E-state index is -0.730. The average Bonchev–Trinajstić information content (AvgIpc) is 2.77. The van der Waals surface area contributed by atoms with Crippen molar-refractivity contribution in [3.63, 3.8) is 0 Å². The molecule has 2 atom stereocenters. The van der Waals surface area contributed by atoms with Crippen LogP contribution < -0.4 is 5.32 Å². The van der Waals surface area contributed by atoms with E-state index in [4.69, 9.17) is 5.11 Å². The molecule has 0 spiro atoms. The second-order valence-corrected chi connectivity index (χ2v) is 5.07. The lowest BCUT2D eigenvalue weighted by Gasteiger charge is -2.16. The van der Waals surface area contributed by atoms with Crippen molar-refractivity contribution >= 4 is 11.7 Å². The van der Waals surface area contributed by atoms with Gasteiger partial charge >= 0.3 is 5.97 Å². The molecule has 19 heavy (non-hydrogen) atoms. The summed E-state index contributed by atoms with van der Waals surface area (Å²) in [5, 5.41) is 21.5. The van der Waals surface area contributed by atoms with Crippen LogP contribution in [0.2, 0.25) is 0 Å². The van der Waals surface area contributed by atoms with Crippen molar-refractivity contribution in [2.75, 3.05) is 5.32 Å². The van der Waals surface area contributed by atoms with Gasteiger partial charge in [-0.3, -0.25) is 9.78 Å². The topological polar surface area (TPSA) is 86.0 Å². The van der Waals surface area contributed by atoms with E-state index in [0.717, 1.165) is 17.8 Å². The fraction of sp³-hybridized carbons (Fsp3) is 0.500. The first-order valence-electron chi connectivity index (χ1n) is 6.39. The second-order valence-electron chi connectivity index (χ2n) is 5.07. The van der Waals surface area contributed by atoms with Gasteiger partial charge < -0.3 is 10.4 Å². The highest BCUT2D eigenvalue weighted by Gasteiger charge is 2.30. The highest BCUT2D eigenvalue weighted by atomic mass is 16.4. The first-order chi connectivity index (χ1) is 9.01. The van der Waals surface area contributed by atoms with Gasteiger partial charge in [-0.2, -0.15) is 5.26 Å². The third-order valence-corrected chi connectivity index (χ3v) is 3.58. The highest BCUT2D eigenvalue weighted by Crippen LogP contribution is 2.29. The Morgan fingerprint density at radius 1 is 1.53 bits per heavy atom. The van der Waals surface area contributed by atoms with Gasteiger partial charge in [-0.1, -0.05) is 0 Å². The Morgan fingerprint density at radius 2 is 2.26 bits per heavy atom. The van der Waals surface area contributed by atoms with E-state index in [9.17, 15) is 10.1 Å². The molecule has 0 bridgehead atoms. The van der Waals surface area contributed by atoms with Crippen LogP contribution in [-0.2, 0) is 4.79 Å². The molecule has 1 aromatic rings. The summed E-state index contributed by atoms with van der Waals surface area (Å²) in [7, 11) is 0. The van der Waals surface area contributed by atoms with Crippen LogP contribution in [0.3, 0.4) is 0 Å². The molecule has 0 aromatic carbocycles. The third-order valence-electron chi connectivity index (χ3n) is 3.58. The third kappa shape index (κ3) is 2.84. The normalized spacial score (nSPS) is 21.9. The molecule has 1 heterocycles. The van der Waals surface area contributed by atoms with E-state index in [-0.39, 0.29) is 12.0 Å². The number of anilines is 1. The molecule has 2 rings (SSSR count). The summed E-state index contributed by atoms with van der Waals surface area (Å²) in [6.45, 7) is 3.69. The first kappa shape index (κ1) is 13.3. The van der Waals surface area contributed by atoms with E-state index in [2.05, 4.69) is 16.4 Å². The standard InChI is InChI=1S/C14H17N3O2/c1-8-5-13(12(7-15)9(2)16-8)17-11-4-3-10(6-11)14(18)19/h5,10-11H,3-4,6H2,1-2H3,(H,16,17)(H,18,19)/t10-,11+/m1/s1. The number of carbonyl (C=O) groups is 1. The number of nitriles is 1. The molecule has 1 aliphatic rings. The minimum Gasteiger partial charge on any atom is -0.481 e. The van der Waals surface area contributed by atoms with Crippen LogP contribution in [0, 0.1) is 31.1 Å². The molecule has 1 aromatic heterocycles. The number of carboxylic acid groups (broad SMARTS) is 1. The number of rotatable bonds is 3. The van der Waals surface area contributed by atoms with Gasteiger partial charge in [0.1, 0.15) is 6.07 Å². The highest BCUT2D eigenvalue weighted by molar-refractivity contribution is 5.70. The number of aromatic nitrogens is 1. The summed E-state index contributed by atoms with van der Waals surface area (Å²) < 4.78 is 0. The number of hydrogen-bond donors (Lipinski definition) is 2. The predicted molar refractivity (Wildman–Crippen MR) is 70.8 cm³/mol. The zero-order valence-electron chi connectivity index (χ0n) is 11.1. The Bertz CT molecular complexity index is 548. The van der Waals surface area contributed by atoms with E-state index < -0.39 is 5.97 Å². The maximum absolute atomic E-state index is 10.9. The van der Waals surface area contributed by atoms with Crippen LogP contribution in [0.5, 0.6) is 0 Å². The van der Waals surface area contributed by atoms with Gasteiger partial charge in [0.05, 0.1) is 22.9 Å². The van der Waals surface area contributed by atoms with Gasteiger partial charge in [0.25, 0.3) is 0 Å². The van der Waals surface area contributed by atoms with Crippen molar-refractivity contribution < 1.29 is 9.90 Å². The van der Waals surface area contributed by atoms with Gasteiger partial charge in [0.15, 0.2) is 0 Å². The number of carboxylic acids is 1. The lowest BCUT2D eigenvalue weighted by Crippen LogP contribution is -2.19. The molecule has 5 nitrogen and oxygen atoms in total. The van der Waals surface area contributed by atoms with E-state index >= 15 is 0 Å². The van der Waals surface area contributed by atoms with E-state index in [1.807, 2.05) is 19.9 Å².